The Kier molecular flexibility index (Phi) is 21.2. The van der Waals surface area contributed by atoms with Gasteiger partial charge in [0.05, 0.1) is 26.2 Å². The lowest BCUT2D eigenvalue weighted by Crippen LogP contribution is -2.50. The van der Waals surface area contributed by atoms with E-state index in [0.717, 1.165) is 0 Å². The Hall–Kier alpha value is -0.300. The minimum absolute atomic E-state index is 1.19. The van der Waals surface area contributed by atoms with Gasteiger partial charge in [0, 0.05) is 0 Å². The van der Waals surface area contributed by atoms with E-state index in [9.17, 15) is 0 Å². The molecule has 0 aliphatic rings. The summed E-state index contributed by atoms with van der Waals surface area (Å²) in [7, 11) is 0. The van der Waals surface area contributed by atoms with E-state index >= 15 is 0 Å². The molecule has 0 atom stereocenters. The van der Waals surface area contributed by atoms with E-state index in [0.29, 0.717) is 0 Å². The van der Waals surface area contributed by atoms with E-state index in [1.165, 1.54) is 146 Å². The summed E-state index contributed by atoms with van der Waals surface area (Å²) in [6, 6.07) is 0. The van der Waals surface area contributed by atoms with Gasteiger partial charge < -0.3 is 4.48 Å². The fourth-order valence-corrected chi connectivity index (χ4v) is 4.57. The number of unbranched alkanes of at least 4 members (excludes halogenated alkanes) is 15. The van der Waals surface area contributed by atoms with Gasteiger partial charge >= 0.3 is 0 Å². The fourth-order valence-electron chi connectivity index (χ4n) is 4.57. The molecular weight excluding hydrogens is 338 g/mol. The van der Waals surface area contributed by atoms with Crippen LogP contribution in [0.3, 0.4) is 0 Å². The van der Waals surface area contributed by atoms with Crippen molar-refractivity contribution >= 4 is 0 Å². The van der Waals surface area contributed by atoms with Gasteiger partial charge in [-0.3, -0.25) is 0 Å². The molecule has 0 radical (unpaired) electrons. The molecular formula is C27H56N+. The molecule has 0 N–H and O–H groups in total. The van der Waals surface area contributed by atoms with Crippen LogP contribution in [0, 0.1) is 0 Å². The summed E-state index contributed by atoms with van der Waals surface area (Å²) >= 11 is 0. The largest absolute Gasteiger partial charge is 0.320 e. The zero-order valence-corrected chi connectivity index (χ0v) is 20.3. The summed E-state index contributed by atoms with van der Waals surface area (Å²) < 4.78 is 1.33. The maximum atomic E-state index is 4.14. The molecule has 0 aromatic heterocycles. The van der Waals surface area contributed by atoms with Crippen molar-refractivity contribution in [3.8, 4) is 0 Å². The monoisotopic (exact) mass is 394 g/mol. The molecule has 0 aliphatic carbocycles. The third-order valence-corrected chi connectivity index (χ3v) is 6.47. The van der Waals surface area contributed by atoms with E-state index in [4.69, 9.17) is 0 Å². The summed E-state index contributed by atoms with van der Waals surface area (Å²) in [5, 5.41) is 0. The zero-order valence-electron chi connectivity index (χ0n) is 20.3. The smallest absolute Gasteiger partial charge is 0.0971 e. The highest BCUT2D eigenvalue weighted by Crippen LogP contribution is 2.18. The molecule has 168 valence electrons. The van der Waals surface area contributed by atoms with Crippen molar-refractivity contribution in [2.75, 3.05) is 26.2 Å². The summed E-state index contributed by atoms with van der Waals surface area (Å²) in [5.41, 5.74) is 0. The molecule has 0 unspecified atom stereocenters. The van der Waals surface area contributed by atoms with Crippen LogP contribution in [0.2, 0.25) is 0 Å². The van der Waals surface area contributed by atoms with E-state index in [2.05, 4.69) is 33.4 Å². The molecule has 0 aliphatic heterocycles. The van der Waals surface area contributed by atoms with Crippen LogP contribution in [-0.4, -0.2) is 30.7 Å². The van der Waals surface area contributed by atoms with Gasteiger partial charge in [0.25, 0.3) is 0 Å². The Labute approximate surface area is 180 Å². The fraction of sp³-hybridized carbons (Fsp3) is 0.926. The highest BCUT2D eigenvalue weighted by Gasteiger charge is 2.24. The third-order valence-electron chi connectivity index (χ3n) is 6.47. The van der Waals surface area contributed by atoms with Gasteiger partial charge in [-0.05, 0) is 44.6 Å². The van der Waals surface area contributed by atoms with Crippen LogP contribution in [0.5, 0.6) is 0 Å². The summed E-state index contributed by atoms with van der Waals surface area (Å²) in [6.45, 7) is 16.4. The molecule has 0 heterocycles. The SMILES string of the molecule is C=CC[N+](CCCCCCCC)(CCCCCCCC)CCCCCCCC. The quantitative estimate of drug-likeness (QED) is 0.0920. The Balaban J connectivity index is 4.41. The van der Waals surface area contributed by atoms with Crippen LogP contribution in [-0.2, 0) is 0 Å². The Bertz CT molecular complexity index is 269. The van der Waals surface area contributed by atoms with E-state index < -0.39 is 0 Å². The minimum Gasteiger partial charge on any atom is -0.320 e. The van der Waals surface area contributed by atoms with Crippen LogP contribution in [0.1, 0.15) is 136 Å². The molecule has 0 aromatic carbocycles. The van der Waals surface area contributed by atoms with Crippen molar-refractivity contribution in [3.05, 3.63) is 12.7 Å². The van der Waals surface area contributed by atoms with Crippen molar-refractivity contribution < 1.29 is 4.48 Å². The molecule has 28 heavy (non-hydrogen) atoms. The van der Waals surface area contributed by atoms with Gasteiger partial charge in [-0.25, -0.2) is 0 Å². The maximum Gasteiger partial charge on any atom is 0.0971 e. The lowest BCUT2D eigenvalue weighted by atomic mass is 10.1. The van der Waals surface area contributed by atoms with Crippen molar-refractivity contribution in [1.82, 2.24) is 0 Å². The highest BCUT2D eigenvalue weighted by molar-refractivity contribution is 4.67. The predicted octanol–water partition coefficient (Wildman–Crippen LogP) is 9.07. The standard InChI is InChI=1S/C27H56N/c1-5-9-12-15-18-21-25-28(24-8-4,26-22-19-16-13-10-6-2)27-23-20-17-14-11-7-3/h8H,4-7,9-27H2,1-3H3/q+1. The first kappa shape index (κ1) is 27.7. The molecule has 1 nitrogen and oxygen atoms in total. The molecule has 0 amide bonds. The molecule has 0 aromatic rings. The van der Waals surface area contributed by atoms with E-state index in [-0.39, 0.29) is 0 Å². The Morgan fingerprint density at radius 1 is 0.464 bits per heavy atom. The topological polar surface area (TPSA) is 0 Å². The van der Waals surface area contributed by atoms with Crippen molar-refractivity contribution in [2.24, 2.45) is 0 Å². The molecule has 0 fully saturated rings. The van der Waals surface area contributed by atoms with Crippen LogP contribution in [0.25, 0.3) is 0 Å². The first-order chi connectivity index (χ1) is 13.7. The van der Waals surface area contributed by atoms with Gasteiger partial charge in [0.1, 0.15) is 0 Å². The Morgan fingerprint density at radius 2 is 0.750 bits per heavy atom. The average Bonchev–Trinajstić information content (AvgIpc) is 2.70. The first-order valence-corrected chi connectivity index (χ1v) is 13.2. The molecule has 0 bridgehead atoms. The highest BCUT2D eigenvalue weighted by atomic mass is 15.3. The van der Waals surface area contributed by atoms with Crippen LogP contribution in [0.15, 0.2) is 12.7 Å². The second kappa shape index (κ2) is 21.4. The van der Waals surface area contributed by atoms with Gasteiger partial charge in [-0.1, -0.05) is 104 Å². The summed E-state index contributed by atoms with van der Waals surface area (Å²) in [4.78, 5) is 0. The van der Waals surface area contributed by atoms with Crippen LogP contribution < -0.4 is 0 Å². The van der Waals surface area contributed by atoms with Crippen molar-refractivity contribution in [3.63, 3.8) is 0 Å². The molecule has 0 spiro atoms. The normalized spacial score (nSPS) is 11.8. The van der Waals surface area contributed by atoms with Gasteiger partial charge in [-0.15, -0.1) is 0 Å². The van der Waals surface area contributed by atoms with Crippen LogP contribution in [0.4, 0.5) is 0 Å². The molecule has 1 heteroatoms. The van der Waals surface area contributed by atoms with Gasteiger partial charge in [-0.2, -0.15) is 0 Å². The lowest BCUT2D eigenvalue weighted by molar-refractivity contribution is -0.923. The molecule has 0 saturated heterocycles. The van der Waals surface area contributed by atoms with Crippen LogP contribution >= 0.6 is 0 Å². The maximum absolute atomic E-state index is 4.14. The van der Waals surface area contributed by atoms with E-state index in [1.54, 1.807) is 0 Å². The second-order valence-corrected chi connectivity index (χ2v) is 9.29. The molecule has 0 saturated carbocycles. The molecule has 0 rings (SSSR count). The summed E-state index contributed by atoms with van der Waals surface area (Å²) in [5.74, 6) is 0. The van der Waals surface area contributed by atoms with Crippen molar-refractivity contribution in [2.45, 2.75) is 136 Å². The third kappa shape index (κ3) is 16.6. The first-order valence-electron chi connectivity index (χ1n) is 13.2. The predicted molar refractivity (Wildman–Crippen MR) is 130 cm³/mol. The average molecular weight is 395 g/mol. The number of hydrogen-bond acceptors (Lipinski definition) is 0. The van der Waals surface area contributed by atoms with Gasteiger partial charge in [0.15, 0.2) is 0 Å². The van der Waals surface area contributed by atoms with Crippen molar-refractivity contribution in [1.29, 1.82) is 0 Å². The van der Waals surface area contributed by atoms with Gasteiger partial charge in [0.2, 0.25) is 0 Å². The lowest BCUT2D eigenvalue weighted by Gasteiger charge is -2.38. The van der Waals surface area contributed by atoms with E-state index in [1.807, 2.05) is 0 Å². The number of quaternary nitrogens is 1. The zero-order chi connectivity index (χ0) is 20.8. The minimum atomic E-state index is 1.19. The number of nitrogens with zero attached hydrogens (tertiary/aromatic N) is 1. The number of hydrogen-bond donors (Lipinski definition) is 0. The number of rotatable bonds is 23. The Morgan fingerprint density at radius 3 is 1.04 bits per heavy atom. The summed E-state index contributed by atoms with van der Waals surface area (Å²) in [6.07, 6.45) is 27.7. The second-order valence-electron chi connectivity index (χ2n) is 9.29.